The molecule has 0 saturated heterocycles. The molecule has 1 nitrogen and oxygen atoms in total. The first-order valence-electron chi connectivity index (χ1n) is 2.98. The Bertz CT molecular complexity index is 345. The van der Waals surface area contributed by atoms with Crippen molar-refractivity contribution in [2.45, 2.75) is 0 Å². The molecule has 0 saturated carbocycles. The van der Waals surface area contributed by atoms with Crippen LogP contribution in [0.15, 0.2) is 30.8 Å². The first-order valence-corrected chi connectivity index (χ1v) is 2.98. The number of hydrogen-bond acceptors (Lipinski definition) is 1. The minimum Gasteiger partial charge on any atom is -0.515 e. The van der Waals surface area contributed by atoms with Crippen LogP contribution in [0.5, 0.6) is 0 Å². The van der Waals surface area contributed by atoms with Crippen molar-refractivity contribution in [3.8, 4) is 0 Å². The molecule has 0 fully saturated rings. The number of aliphatic hydroxyl groups is 1. The van der Waals surface area contributed by atoms with Crippen molar-refractivity contribution in [3.05, 3.63) is 41.3 Å². The van der Waals surface area contributed by atoms with Gasteiger partial charge in [0.05, 0.1) is 6.26 Å². The van der Waals surface area contributed by atoms with Gasteiger partial charge in [0, 0.05) is 10.4 Å². The maximum absolute atomic E-state index is 8.66. The number of rotatable bonds is 0. The van der Waals surface area contributed by atoms with Crippen LogP contribution in [0.3, 0.4) is 0 Å². The molecule has 0 amide bonds. The third kappa shape index (κ3) is 1.09. The van der Waals surface area contributed by atoms with Crippen LogP contribution >= 0.6 is 0 Å². The molecule has 1 aromatic carbocycles. The molecule has 0 radical (unpaired) electrons. The van der Waals surface area contributed by atoms with Crippen LogP contribution in [-0.4, -0.2) is 5.11 Å². The lowest BCUT2D eigenvalue weighted by Crippen LogP contribution is -2.21. The molecule has 0 atom stereocenters. The van der Waals surface area contributed by atoms with E-state index >= 15 is 0 Å². The lowest BCUT2D eigenvalue weighted by molar-refractivity contribution is 0.540. The summed E-state index contributed by atoms with van der Waals surface area (Å²) in [6.07, 6.45) is 1.05. The Labute approximate surface area is 59.3 Å². The van der Waals surface area contributed by atoms with Gasteiger partial charge in [0.25, 0.3) is 0 Å². The fraction of sp³-hybridized carbons (Fsp3) is 0. The van der Waals surface area contributed by atoms with Crippen LogP contribution in [0.1, 0.15) is 0 Å². The SMILES string of the molecule is C=C=c1ccccc1=CO. The Hall–Kier alpha value is -1.46. The first-order chi connectivity index (χ1) is 4.88. The summed E-state index contributed by atoms with van der Waals surface area (Å²) in [4.78, 5) is 0. The molecule has 0 aliphatic rings. The van der Waals surface area contributed by atoms with Gasteiger partial charge in [-0.2, -0.15) is 0 Å². The molecule has 1 heteroatoms. The zero-order valence-corrected chi connectivity index (χ0v) is 5.54. The summed E-state index contributed by atoms with van der Waals surface area (Å²) in [6, 6.07) is 7.37. The average molecular weight is 132 g/mol. The van der Waals surface area contributed by atoms with Gasteiger partial charge in [-0.3, -0.25) is 0 Å². The molecule has 1 rings (SSSR count). The van der Waals surface area contributed by atoms with Gasteiger partial charge in [-0.1, -0.05) is 24.8 Å². The highest BCUT2D eigenvalue weighted by atomic mass is 16.2. The molecule has 0 aliphatic carbocycles. The van der Waals surface area contributed by atoms with Gasteiger partial charge in [-0.25, -0.2) is 0 Å². The predicted octanol–water partition coefficient (Wildman–Crippen LogP) is 0.548. The molecule has 0 bridgehead atoms. The van der Waals surface area contributed by atoms with Crippen LogP contribution in [0.25, 0.3) is 12.0 Å². The summed E-state index contributed by atoms with van der Waals surface area (Å²) in [7, 11) is 0. The molecule has 0 spiro atoms. The minimum absolute atomic E-state index is 0.748. The average Bonchev–Trinajstić information content (AvgIpc) is 2.04. The van der Waals surface area contributed by atoms with E-state index in [-0.39, 0.29) is 0 Å². The highest BCUT2D eigenvalue weighted by molar-refractivity contribution is 5.24. The van der Waals surface area contributed by atoms with E-state index in [1.54, 1.807) is 6.07 Å². The van der Waals surface area contributed by atoms with Crippen molar-refractivity contribution in [2.75, 3.05) is 0 Å². The third-order valence-electron chi connectivity index (χ3n) is 1.29. The molecule has 0 aromatic heterocycles. The second kappa shape index (κ2) is 2.90. The van der Waals surface area contributed by atoms with E-state index in [0.717, 1.165) is 16.7 Å². The summed E-state index contributed by atoms with van der Waals surface area (Å²) >= 11 is 0. The van der Waals surface area contributed by atoms with Crippen LogP contribution in [0, 0.1) is 0 Å². The molecule has 0 unspecified atom stereocenters. The summed E-state index contributed by atoms with van der Waals surface area (Å²) in [5.41, 5.74) is 2.71. The summed E-state index contributed by atoms with van der Waals surface area (Å²) in [5.74, 6) is 0. The maximum atomic E-state index is 8.66. The molecular formula is C9H8O. The summed E-state index contributed by atoms with van der Waals surface area (Å²) in [6.45, 7) is 3.48. The van der Waals surface area contributed by atoms with Crippen LogP contribution in [-0.2, 0) is 0 Å². The lowest BCUT2D eigenvalue weighted by atomic mass is 10.2. The molecular weight excluding hydrogens is 124 g/mol. The van der Waals surface area contributed by atoms with E-state index in [9.17, 15) is 0 Å². The van der Waals surface area contributed by atoms with Gasteiger partial charge in [0.1, 0.15) is 0 Å². The molecule has 0 heterocycles. The Morgan fingerprint density at radius 3 is 2.60 bits per heavy atom. The van der Waals surface area contributed by atoms with Crippen LogP contribution < -0.4 is 10.4 Å². The fourth-order valence-electron chi connectivity index (χ4n) is 0.771. The monoisotopic (exact) mass is 132 g/mol. The number of hydrogen-bond donors (Lipinski definition) is 1. The lowest BCUT2D eigenvalue weighted by Gasteiger charge is -1.82. The van der Waals surface area contributed by atoms with E-state index in [1.807, 2.05) is 18.2 Å². The Morgan fingerprint density at radius 1 is 1.40 bits per heavy atom. The van der Waals surface area contributed by atoms with Gasteiger partial charge >= 0.3 is 0 Å². The summed E-state index contributed by atoms with van der Waals surface area (Å²) < 4.78 is 0. The standard InChI is InChI=1S/C9H8O/c1-2-8-5-3-4-6-9(8)7-10/h3-7,10H,1H2. The third-order valence-corrected chi connectivity index (χ3v) is 1.29. The minimum atomic E-state index is 0.748. The molecule has 50 valence electrons. The Kier molecular flexibility index (Phi) is 1.93. The topological polar surface area (TPSA) is 20.2 Å². The largest absolute Gasteiger partial charge is 0.515 e. The van der Waals surface area contributed by atoms with Gasteiger partial charge < -0.3 is 5.11 Å². The molecule has 1 aromatic rings. The normalized spacial score (nSPS) is 11.0. The first kappa shape index (κ1) is 6.66. The number of benzene rings is 1. The van der Waals surface area contributed by atoms with Crippen molar-refractivity contribution in [2.24, 2.45) is 0 Å². The Balaban J connectivity index is 3.70. The second-order valence-electron chi connectivity index (χ2n) is 1.89. The number of aliphatic hydroxyl groups excluding tert-OH is 1. The van der Waals surface area contributed by atoms with E-state index < -0.39 is 0 Å². The van der Waals surface area contributed by atoms with E-state index in [0.29, 0.717) is 0 Å². The van der Waals surface area contributed by atoms with Crippen molar-refractivity contribution in [3.63, 3.8) is 0 Å². The van der Waals surface area contributed by atoms with Crippen molar-refractivity contribution in [1.29, 1.82) is 0 Å². The zero-order chi connectivity index (χ0) is 7.40. The van der Waals surface area contributed by atoms with E-state index in [4.69, 9.17) is 5.11 Å². The molecule has 1 N–H and O–H groups in total. The predicted molar refractivity (Wildman–Crippen MR) is 41.8 cm³/mol. The molecule has 0 aliphatic heterocycles. The highest BCUT2D eigenvalue weighted by Crippen LogP contribution is 1.68. The van der Waals surface area contributed by atoms with Gasteiger partial charge in [0.15, 0.2) is 0 Å². The Morgan fingerprint density at radius 2 is 2.10 bits per heavy atom. The smallest absolute Gasteiger partial charge is 0.0876 e. The van der Waals surface area contributed by atoms with Crippen molar-refractivity contribution in [1.82, 2.24) is 0 Å². The fourth-order valence-corrected chi connectivity index (χ4v) is 0.771. The van der Waals surface area contributed by atoms with E-state index in [2.05, 4.69) is 12.3 Å². The second-order valence-corrected chi connectivity index (χ2v) is 1.89. The zero-order valence-electron chi connectivity index (χ0n) is 5.54. The quantitative estimate of drug-likeness (QED) is 0.546. The van der Waals surface area contributed by atoms with Gasteiger partial charge in [0.2, 0.25) is 0 Å². The van der Waals surface area contributed by atoms with Crippen LogP contribution in [0.4, 0.5) is 0 Å². The van der Waals surface area contributed by atoms with Gasteiger partial charge in [-0.05, 0) is 6.07 Å². The van der Waals surface area contributed by atoms with E-state index in [1.165, 1.54) is 0 Å². The maximum Gasteiger partial charge on any atom is 0.0876 e. The summed E-state index contributed by atoms with van der Waals surface area (Å²) in [5, 5.41) is 10.2. The van der Waals surface area contributed by atoms with Crippen molar-refractivity contribution < 1.29 is 5.11 Å². The van der Waals surface area contributed by atoms with Crippen molar-refractivity contribution >= 4 is 12.0 Å². The molecule has 10 heavy (non-hydrogen) atoms. The van der Waals surface area contributed by atoms with Gasteiger partial charge in [-0.15, -0.1) is 5.73 Å². The highest BCUT2D eigenvalue weighted by Gasteiger charge is 1.78. The van der Waals surface area contributed by atoms with Crippen LogP contribution in [0.2, 0.25) is 0 Å².